The molecule has 0 aromatic carbocycles. The van der Waals surface area contributed by atoms with Crippen LogP contribution in [-0.2, 0) is 20.4 Å². The first-order valence-corrected chi connectivity index (χ1v) is 3.36. The molecule has 0 heterocycles. The number of hydrogen-bond donors (Lipinski definition) is 0. The number of rotatable bonds is 0. The Hall–Kier alpha value is 1.17. The second kappa shape index (κ2) is 15.7. The summed E-state index contributed by atoms with van der Waals surface area (Å²) >= 11 is 0. The van der Waals surface area contributed by atoms with Crippen LogP contribution in [0.1, 0.15) is 1.43 Å². The minimum atomic E-state index is -0.611. The van der Waals surface area contributed by atoms with E-state index >= 15 is 0 Å². The van der Waals surface area contributed by atoms with Gasteiger partial charge < -0.3 is 1.43 Å². The molecule has 0 saturated carbocycles. The minimum Gasteiger partial charge on any atom is -1.00 e. The summed E-state index contributed by atoms with van der Waals surface area (Å²) in [6.07, 6.45) is 3.53. The van der Waals surface area contributed by atoms with Gasteiger partial charge >= 0.3 is 57.5 Å². The van der Waals surface area contributed by atoms with Gasteiger partial charge in [-0.2, -0.15) is 9.59 Å². The summed E-state index contributed by atoms with van der Waals surface area (Å²) in [5, 5.41) is 0. The predicted molar refractivity (Wildman–Crippen MR) is 26.1 cm³/mol. The van der Waals surface area contributed by atoms with Crippen molar-refractivity contribution in [2.24, 2.45) is 0 Å². The molecule has 0 aliphatic carbocycles. The van der Waals surface area contributed by atoms with Crippen LogP contribution in [0, 0.1) is 0 Å². The van der Waals surface area contributed by atoms with Gasteiger partial charge in [0.2, 0.25) is 0 Å². The second-order valence-corrected chi connectivity index (χ2v) is 2.31. The van der Waals surface area contributed by atoms with E-state index in [0.717, 1.165) is 0 Å². The van der Waals surface area contributed by atoms with Gasteiger partial charge in [-0.15, -0.1) is 0 Å². The monoisotopic (exact) mass is 162 g/mol. The van der Waals surface area contributed by atoms with E-state index in [1.807, 2.05) is 0 Å². The fourth-order valence-electron chi connectivity index (χ4n) is 0. The van der Waals surface area contributed by atoms with Crippen molar-refractivity contribution in [1.29, 1.82) is 0 Å². The van der Waals surface area contributed by atoms with Crippen LogP contribution in [0.25, 0.3) is 0 Å². The SMILES string of the molecule is CS(C)=O.O=C=O.[H-].[K+]. The van der Waals surface area contributed by atoms with Gasteiger partial charge in [-0.3, -0.25) is 4.21 Å². The molecule has 0 radical (unpaired) electrons. The second-order valence-electron chi connectivity index (χ2n) is 0.825. The van der Waals surface area contributed by atoms with Crippen molar-refractivity contribution >= 4 is 17.0 Å². The van der Waals surface area contributed by atoms with Gasteiger partial charge in [0.05, 0.1) is 0 Å². The Morgan fingerprint density at radius 2 is 1.38 bits per heavy atom. The van der Waals surface area contributed by atoms with Crippen LogP contribution in [0.4, 0.5) is 0 Å². The Morgan fingerprint density at radius 1 is 1.38 bits per heavy atom. The van der Waals surface area contributed by atoms with Crippen molar-refractivity contribution in [3.05, 3.63) is 0 Å². The largest absolute Gasteiger partial charge is 1.00 e. The number of hydrogen-bond acceptors (Lipinski definition) is 3. The van der Waals surface area contributed by atoms with Gasteiger partial charge in [0, 0.05) is 23.3 Å². The minimum absolute atomic E-state index is 0. The molecule has 0 spiro atoms. The topological polar surface area (TPSA) is 51.2 Å². The van der Waals surface area contributed by atoms with Crippen molar-refractivity contribution in [2.75, 3.05) is 12.5 Å². The van der Waals surface area contributed by atoms with Crippen LogP contribution >= 0.6 is 0 Å². The van der Waals surface area contributed by atoms with Gasteiger partial charge in [-0.1, -0.05) is 0 Å². The third-order valence-electron chi connectivity index (χ3n) is 0. The Labute approximate surface area is 94.6 Å². The quantitative estimate of drug-likeness (QED) is 0.348. The molecule has 5 heteroatoms. The Kier molecular flexibility index (Phi) is 31.6. The summed E-state index contributed by atoms with van der Waals surface area (Å²) in [4.78, 5) is 16.2. The fraction of sp³-hybridized carbons (Fsp3) is 0.667. The summed E-state index contributed by atoms with van der Waals surface area (Å²) < 4.78 is 9.56. The molecule has 8 heavy (non-hydrogen) atoms. The van der Waals surface area contributed by atoms with Crippen LogP contribution in [0.3, 0.4) is 0 Å². The van der Waals surface area contributed by atoms with Crippen LogP contribution < -0.4 is 51.4 Å². The maximum absolute atomic E-state index is 9.56. The van der Waals surface area contributed by atoms with E-state index in [2.05, 4.69) is 0 Å². The molecule has 0 aliphatic heterocycles. The molecule has 0 amide bonds. The fourth-order valence-corrected chi connectivity index (χ4v) is 0. The maximum atomic E-state index is 9.56. The summed E-state index contributed by atoms with van der Waals surface area (Å²) in [6, 6.07) is 0. The average molecular weight is 162 g/mol. The van der Waals surface area contributed by atoms with Crippen LogP contribution in [0.15, 0.2) is 0 Å². The van der Waals surface area contributed by atoms with Crippen molar-refractivity contribution < 1.29 is 66.6 Å². The molecule has 44 valence electrons. The molecular weight excluding hydrogens is 155 g/mol. The zero-order valence-corrected chi connectivity index (χ0v) is 9.07. The molecule has 0 atom stereocenters. The van der Waals surface area contributed by atoms with E-state index in [1.165, 1.54) is 0 Å². The average Bonchev–Trinajstić information content (AvgIpc) is 1.33. The summed E-state index contributed by atoms with van der Waals surface area (Å²) in [7, 11) is -0.611. The molecule has 0 N–H and O–H groups in total. The smallest absolute Gasteiger partial charge is 1.00 e. The van der Waals surface area contributed by atoms with Crippen LogP contribution in [0.2, 0.25) is 0 Å². The van der Waals surface area contributed by atoms with Crippen molar-refractivity contribution in [3.63, 3.8) is 0 Å². The molecule has 0 saturated heterocycles. The molecular formula is C3H7KO3S. The maximum Gasteiger partial charge on any atom is 1.00 e. The van der Waals surface area contributed by atoms with Crippen molar-refractivity contribution in [2.45, 2.75) is 0 Å². The van der Waals surface area contributed by atoms with E-state index in [0.29, 0.717) is 0 Å². The van der Waals surface area contributed by atoms with Gasteiger partial charge in [0.15, 0.2) is 0 Å². The van der Waals surface area contributed by atoms with Gasteiger partial charge in [-0.25, -0.2) is 0 Å². The Balaban J connectivity index is -0.0000000233. The number of carbonyl (C=O) groups excluding carboxylic acids is 2. The van der Waals surface area contributed by atoms with E-state index in [9.17, 15) is 4.21 Å². The zero-order valence-electron chi connectivity index (χ0n) is 6.13. The Bertz CT molecular complexity index is 87.1. The van der Waals surface area contributed by atoms with E-state index in [4.69, 9.17) is 9.59 Å². The zero-order chi connectivity index (χ0) is 6.28. The standard InChI is InChI=1S/C2H6OS.CO2.K.H/c1-4(2)3;2-1-3;;/h1-2H3;;;/q;;+1;-1. The van der Waals surface area contributed by atoms with Crippen molar-refractivity contribution in [1.82, 2.24) is 0 Å². The molecule has 0 aliphatic rings. The Morgan fingerprint density at radius 3 is 1.38 bits per heavy atom. The molecule has 3 nitrogen and oxygen atoms in total. The van der Waals surface area contributed by atoms with Crippen LogP contribution in [-0.4, -0.2) is 22.9 Å². The van der Waals surface area contributed by atoms with E-state index < -0.39 is 10.8 Å². The van der Waals surface area contributed by atoms with Gasteiger partial charge in [0.1, 0.15) is 0 Å². The normalized spacial score (nSPS) is 5.38. The first-order chi connectivity index (χ1) is 3.15. The van der Waals surface area contributed by atoms with E-state index in [1.54, 1.807) is 12.5 Å². The van der Waals surface area contributed by atoms with Gasteiger partial charge in [-0.05, 0) is 0 Å². The third-order valence-corrected chi connectivity index (χ3v) is 0. The summed E-state index contributed by atoms with van der Waals surface area (Å²) in [5.74, 6) is 0. The summed E-state index contributed by atoms with van der Waals surface area (Å²) in [5.41, 5.74) is 0. The first kappa shape index (κ1) is 16.1. The first-order valence-electron chi connectivity index (χ1n) is 1.39. The van der Waals surface area contributed by atoms with E-state index in [-0.39, 0.29) is 59.0 Å². The molecule has 0 rings (SSSR count). The molecule has 0 fully saturated rings. The third kappa shape index (κ3) is 200. The van der Waals surface area contributed by atoms with Gasteiger partial charge in [0.25, 0.3) is 0 Å². The van der Waals surface area contributed by atoms with Crippen molar-refractivity contribution in [3.8, 4) is 0 Å². The molecule has 0 aromatic heterocycles. The van der Waals surface area contributed by atoms with Crippen LogP contribution in [0.5, 0.6) is 0 Å². The predicted octanol–water partition coefficient (Wildman–Crippen LogP) is -3.47. The summed E-state index contributed by atoms with van der Waals surface area (Å²) in [6.45, 7) is 0. The molecule has 0 unspecified atom stereocenters. The molecule has 0 bridgehead atoms. The molecule has 0 aromatic rings.